The predicted molar refractivity (Wildman–Crippen MR) is 88.2 cm³/mol. The number of imidazole rings is 2. The van der Waals surface area contributed by atoms with E-state index in [-0.39, 0.29) is 12.0 Å². The minimum Gasteiger partial charge on any atom is -0.367 e. The van der Waals surface area contributed by atoms with Crippen LogP contribution in [0.3, 0.4) is 0 Å². The van der Waals surface area contributed by atoms with Crippen LogP contribution in [0.5, 0.6) is 0 Å². The summed E-state index contributed by atoms with van der Waals surface area (Å²) in [7, 11) is 4.02. The van der Waals surface area contributed by atoms with Crippen LogP contribution in [0.25, 0.3) is 0 Å². The summed E-state index contributed by atoms with van der Waals surface area (Å²) >= 11 is 0. The zero-order chi connectivity index (χ0) is 17.1. The molecular weight excluding hydrogens is 308 g/mol. The lowest BCUT2D eigenvalue weighted by atomic mass is 10.2. The molecule has 0 aliphatic carbocycles. The van der Waals surface area contributed by atoms with Crippen LogP contribution in [-0.2, 0) is 22.6 Å². The van der Waals surface area contributed by atoms with E-state index in [1.165, 1.54) is 0 Å². The molecule has 8 nitrogen and oxygen atoms in total. The Morgan fingerprint density at radius 3 is 3.00 bits per heavy atom. The maximum absolute atomic E-state index is 12.5. The van der Waals surface area contributed by atoms with Crippen LogP contribution in [0.15, 0.2) is 18.6 Å². The molecular formula is C16H24N6O2. The van der Waals surface area contributed by atoms with E-state index in [1.807, 2.05) is 42.9 Å². The fourth-order valence-corrected chi connectivity index (χ4v) is 2.82. The van der Waals surface area contributed by atoms with Gasteiger partial charge in [0.1, 0.15) is 24.3 Å². The van der Waals surface area contributed by atoms with Crippen molar-refractivity contribution in [3.8, 4) is 0 Å². The lowest BCUT2D eigenvalue weighted by Crippen LogP contribution is -2.44. The fourth-order valence-electron chi connectivity index (χ4n) is 2.82. The smallest absolute Gasteiger partial charge is 0.242 e. The number of rotatable bonds is 5. The Hall–Kier alpha value is -2.19. The predicted octanol–water partition coefficient (Wildman–Crippen LogP) is 0.576. The number of morpholine rings is 1. The monoisotopic (exact) mass is 332 g/mol. The van der Waals surface area contributed by atoms with E-state index in [2.05, 4.69) is 19.9 Å². The first-order valence-electron chi connectivity index (χ1n) is 8.08. The number of amides is 1. The van der Waals surface area contributed by atoms with Gasteiger partial charge in [-0.05, 0) is 21.0 Å². The van der Waals surface area contributed by atoms with Crippen molar-refractivity contribution in [1.82, 2.24) is 29.3 Å². The van der Waals surface area contributed by atoms with Crippen molar-refractivity contribution in [2.75, 3.05) is 33.8 Å². The summed E-state index contributed by atoms with van der Waals surface area (Å²) in [5, 5.41) is 0. The maximum Gasteiger partial charge on any atom is 0.242 e. The second-order valence-electron chi connectivity index (χ2n) is 6.33. The van der Waals surface area contributed by atoms with Gasteiger partial charge in [0, 0.05) is 37.4 Å². The molecule has 0 saturated carbocycles. The summed E-state index contributed by atoms with van der Waals surface area (Å²) in [6.45, 7) is 4.63. The molecule has 0 aromatic carbocycles. The van der Waals surface area contributed by atoms with Gasteiger partial charge in [0.15, 0.2) is 0 Å². The van der Waals surface area contributed by atoms with E-state index in [1.54, 1.807) is 6.20 Å². The number of nitrogens with one attached hydrogen (secondary N) is 1. The molecule has 0 radical (unpaired) electrons. The van der Waals surface area contributed by atoms with Crippen LogP contribution in [0.1, 0.15) is 23.4 Å². The summed E-state index contributed by atoms with van der Waals surface area (Å²) in [6.07, 6.45) is 5.15. The van der Waals surface area contributed by atoms with Gasteiger partial charge in [-0.15, -0.1) is 0 Å². The minimum absolute atomic E-state index is 0.0736. The number of aromatic amines is 1. The molecule has 1 aliphatic heterocycles. The van der Waals surface area contributed by atoms with Crippen LogP contribution in [0, 0.1) is 6.92 Å². The zero-order valence-electron chi connectivity index (χ0n) is 14.4. The first-order valence-corrected chi connectivity index (χ1v) is 8.08. The molecule has 8 heteroatoms. The Kier molecular flexibility index (Phi) is 4.96. The molecule has 1 fully saturated rings. The SMILES string of the molecule is Cc1nccn1CC(=O)N1CCOC(c2ncc(CN(C)C)[nH]2)C1. The van der Waals surface area contributed by atoms with Crippen LogP contribution in [0.4, 0.5) is 0 Å². The molecule has 0 bridgehead atoms. The normalized spacial score (nSPS) is 18.3. The van der Waals surface area contributed by atoms with Gasteiger partial charge in [-0.2, -0.15) is 0 Å². The van der Waals surface area contributed by atoms with Crippen molar-refractivity contribution in [3.05, 3.63) is 35.9 Å². The standard InChI is InChI=1S/C16H24N6O2/c1-12-17-4-5-21(12)11-15(23)22-6-7-24-14(10-22)16-18-8-13(19-16)9-20(2)3/h4-5,8,14H,6-7,9-11H2,1-3H3,(H,18,19). The highest BCUT2D eigenvalue weighted by Gasteiger charge is 2.27. The number of aryl methyl sites for hydroxylation is 1. The second kappa shape index (κ2) is 7.14. The van der Waals surface area contributed by atoms with E-state index in [0.29, 0.717) is 26.2 Å². The summed E-state index contributed by atoms with van der Waals surface area (Å²) in [5.74, 6) is 1.69. The molecule has 3 rings (SSSR count). The molecule has 1 saturated heterocycles. The van der Waals surface area contributed by atoms with E-state index < -0.39 is 0 Å². The molecule has 1 amide bonds. The second-order valence-corrected chi connectivity index (χ2v) is 6.33. The third-order valence-electron chi connectivity index (χ3n) is 4.09. The van der Waals surface area contributed by atoms with Crippen molar-refractivity contribution in [2.24, 2.45) is 0 Å². The van der Waals surface area contributed by atoms with E-state index in [9.17, 15) is 4.79 Å². The van der Waals surface area contributed by atoms with Crippen molar-refractivity contribution in [3.63, 3.8) is 0 Å². The summed E-state index contributed by atoms with van der Waals surface area (Å²) in [5.41, 5.74) is 1.04. The van der Waals surface area contributed by atoms with Crippen molar-refractivity contribution >= 4 is 5.91 Å². The summed E-state index contributed by atoms with van der Waals surface area (Å²) in [4.78, 5) is 28.3. The number of carbonyl (C=O) groups excluding carboxylic acids is 1. The number of hydrogen-bond donors (Lipinski definition) is 1. The van der Waals surface area contributed by atoms with E-state index >= 15 is 0 Å². The van der Waals surface area contributed by atoms with Gasteiger partial charge in [0.05, 0.1) is 13.2 Å². The fraction of sp³-hybridized carbons (Fsp3) is 0.562. The number of carbonyl (C=O) groups is 1. The van der Waals surface area contributed by atoms with Crippen LogP contribution in [-0.4, -0.2) is 69.0 Å². The number of ether oxygens (including phenoxy) is 1. The first-order chi connectivity index (χ1) is 11.5. The number of H-pyrrole nitrogens is 1. The molecule has 3 heterocycles. The quantitative estimate of drug-likeness (QED) is 0.866. The third kappa shape index (κ3) is 3.82. The van der Waals surface area contributed by atoms with Crippen molar-refractivity contribution in [1.29, 1.82) is 0 Å². The Balaban J connectivity index is 1.62. The molecule has 24 heavy (non-hydrogen) atoms. The molecule has 0 spiro atoms. The average Bonchev–Trinajstić information content (AvgIpc) is 3.17. The largest absolute Gasteiger partial charge is 0.367 e. The number of nitrogens with zero attached hydrogens (tertiary/aromatic N) is 5. The van der Waals surface area contributed by atoms with E-state index in [4.69, 9.17) is 4.74 Å². The van der Waals surface area contributed by atoms with Gasteiger partial charge >= 0.3 is 0 Å². The molecule has 2 aromatic heterocycles. The lowest BCUT2D eigenvalue weighted by Gasteiger charge is -2.32. The molecule has 1 N–H and O–H groups in total. The Labute approximate surface area is 141 Å². The molecule has 1 atom stereocenters. The van der Waals surface area contributed by atoms with Gasteiger partial charge in [-0.25, -0.2) is 9.97 Å². The van der Waals surface area contributed by atoms with Gasteiger partial charge in [-0.1, -0.05) is 0 Å². The van der Waals surface area contributed by atoms with Gasteiger partial charge in [-0.3, -0.25) is 4.79 Å². The molecule has 2 aromatic rings. The van der Waals surface area contributed by atoms with Gasteiger partial charge in [0.25, 0.3) is 0 Å². The topological polar surface area (TPSA) is 79.3 Å². The summed E-state index contributed by atoms with van der Waals surface area (Å²) < 4.78 is 7.66. The molecule has 130 valence electrons. The Bertz CT molecular complexity index is 692. The van der Waals surface area contributed by atoms with Crippen LogP contribution < -0.4 is 0 Å². The summed E-state index contributed by atoms with van der Waals surface area (Å²) in [6, 6.07) is 0. The maximum atomic E-state index is 12.5. The van der Waals surface area contributed by atoms with Gasteiger partial charge < -0.3 is 24.1 Å². The highest BCUT2D eigenvalue weighted by atomic mass is 16.5. The molecule has 1 aliphatic rings. The van der Waals surface area contributed by atoms with Crippen LogP contribution in [0.2, 0.25) is 0 Å². The van der Waals surface area contributed by atoms with Crippen LogP contribution >= 0.6 is 0 Å². The highest BCUT2D eigenvalue weighted by Crippen LogP contribution is 2.20. The Morgan fingerprint density at radius 1 is 1.46 bits per heavy atom. The minimum atomic E-state index is -0.206. The lowest BCUT2D eigenvalue weighted by molar-refractivity contribution is -0.140. The zero-order valence-corrected chi connectivity index (χ0v) is 14.4. The average molecular weight is 332 g/mol. The Morgan fingerprint density at radius 2 is 2.29 bits per heavy atom. The number of hydrogen-bond acceptors (Lipinski definition) is 5. The first kappa shape index (κ1) is 16.7. The van der Waals surface area contributed by atoms with Gasteiger partial charge in [0.2, 0.25) is 5.91 Å². The number of aromatic nitrogens is 4. The van der Waals surface area contributed by atoms with E-state index in [0.717, 1.165) is 23.9 Å². The molecule has 1 unspecified atom stereocenters. The third-order valence-corrected chi connectivity index (χ3v) is 4.09. The highest BCUT2D eigenvalue weighted by molar-refractivity contribution is 5.76. The van der Waals surface area contributed by atoms with Crippen molar-refractivity contribution < 1.29 is 9.53 Å². The van der Waals surface area contributed by atoms with Crippen molar-refractivity contribution in [2.45, 2.75) is 26.1 Å².